The van der Waals surface area contributed by atoms with E-state index in [2.05, 4.69) is 22.9 Å². The number of anilines is 1. The zero-order valence-electron chi connectivity index (χ0n) is 8.64. The maximum atomic E-state index is 9.54. The Kier molecular flexibility index (Phi) is 2.42. The molecule has 2 unspecified atom stereocenters. The topological polar surface area (TPSA) is 36.4 Å². The standard InChI is InChI=1S/C11H16N2O/c1-8-5-10(3-4-12-8)13-7-11(14)6-9(13)2/h3-5,9,11,14H,6-7H2,1-2H3. The molecule has 0 bridgehead atoms. The molecule has 0 aromatic carbocycles. The van der Waals surface area contributed by atoms with Gasteiger partial charge in [-0.2, -0.15) is 0 Å². The Bertz CT molecular complexity index is 327. The molecule has 1 fully saturated rings. The van der Waals surface area contributed by atoms with Gasteiger partial charge in [0.05, 0.1) is 6.10 Å². The van der Waals surface area contributed by atoms with Crippen molar-refractivity contribution in [3.05, 3.63) is 24.0 Å². The summed E-state index contributed by atoms with van der Waals surface area (Å²) in [6.45, 7) is 4.87. The van der Waals surface area contributed by atoms with Crippen molar-refractivity contribution in [2.45, 2.75) is 32.4 Å². The Labute approximate surface area is 84.4 Å². The predicted molar refractivity (Wildman–Crippen MR) is 56.4 cm³/mol. The van der Waals surface area contributed by atoms with Gasteiger partial charge < -0.3 is 10.0 Å². The zero-order valence-corrected chi connectivity index (χ0v) is 8.64. The number of nitrogens with zero attached hydrogens (tertiary/aromatic N) is 2. The van der Waals surface area contributed by atoms with Crippen molar-refractivity contribution in [3.8, 4) is 0 Å². The van der Waals surface area contributed by atoms with Crippen LogP contribution < -0.4 is 4.90 Å². The van der Waals surface area contributed by atoms with Gasteiger partial charge in [-0.15, -0.1) is 0 Å². The second-order valence-corrected chi connectivity index (χ2v) is 4.05. The lowest BCUT2D eigenvalue weighted by atomic mass is 10.2. The van der Waals surface area contributed by atoms with E-state index in [0.717, 1.165) is 18.7 Å². The van der Waals surface area contributed by atoms with Crippen molar-refractivity contribution in [1.82, 2.24) is 4.98 Å². The number of aryl methyl sites for hydroxylation is 1. The Morgan fingerprint density at radius 3 is 2.93 bits per heavy atom. The first-order chi connectivity index (χ1) is 6.66. The maximum absolute atomic E-state index is 9.54. The average molecular weight is 192 g/mol. The SMILES string of the molecule is Cc1cc(N2CC(O)CC2C)ccn1. The summed E-state index contributed by atoms with van der Waals surface area (Å²) in [4.78, 5) is 6.40. The first-order valence-corrected chi connectivity index (χ1v) is 5.04. The maximum Gasteiger partial charge on any atom is 0.0734 e. The van der Waals surface area contributed by atoms with Crippen LogP contribution in [0, 0.1) is 6.92 Å². The monoisotopic (exact) mass is 192 g/mol. The molecule has 2 heterocycles. The fourth-order valence-electron chi connectivity index (χ4n) is 2.07. The highest BCUT2D eigenvalue weighted by Crippen LogP contribution is 2.25. The second-order valence-electron chi connectivity index (χ2n) is 4.05. The van der Waals surface area contributed by atoms with E-state index in [1.807, 2.05) is 19.2 Å². The van der Waals surface area contributed by atoms with Gasteiger partial charge in [0.25, 0.3) is 0 Å². The third-order valence-corrected chi connectivity index (χ3v) is 2.76. The van der Waals surface area contributed by atoms with Gasteiger partial charge in [0.15, 0.2) is 0 Å². The molecule has 0 radical (unpaired) electrons. The Morgan fingerprint density at radius 1 is 1.57 bits per heavy atom. The van der Waals surface area contributed by atoms with E-state index >= 15 is 0 Å². The van der Waals surface area contributed by atoms with Gasteiger partial charge in [-0.1, -0.05) is 0 Å². The van der Waals surface area contributed by atoms with Crippen LogP contribution in [0.3, 0.4) is 0 Å². The molecule has 3 nitrogen and oxygen atoms in total. The van der Waals surface area contributed by atoms with Gasteiger partial charge in [-0.3, -0.25) is 4.98 Å². The van der Waals surface area contributed by atoms with E-state index in [-0.39, 0.29) is 6.10 Å². The largest absolute Gasteiger partial charge is 0.391 e. The van der Waals surface area contributed by atoms with Crippen molar-refractivity contribution >= 4 is 5.69 Å². The molecular formula is C11H16N2O. The summed E-state index contributed by atoms with van der Waals surface area (Å²) in [6.07, 6.45) is 2.50. The summed E-state index contributed by atoms with van der Waals surface area (Å²) < 4.78 is 0. The van der Waals surface area contributed by atoms with Crippen LogP contribution >= 0.6 is 0 Å². The molecule has 14 heavy (non-hydrogen) atoms. The molecule has 0 aliphatic carbocycles. The highest BCUT2D eigenvalue weighted by Gasteiger charge is 2.27. The Balaban J connectivity index is 2.23. The number of pyridine rings is 1. The van der Waals surface area contributed by atoms with Gasteiger partial charge in [-0.25, -0.2) is 0 Å². The third-order valence-electron chi connectivity index (χ3n) is 2.76. The van der Waals surface area contributed by atoms with Crippen LogP contribution in [0.15, 0.2) is 18.3 Å². The van der Waals surface area contributed by atoms with Gasteiger partial charge >= 0.3 is 0 Å². The van der Waals surface area contributed by atoms with Gasteiger partial charge in [0.2, 0.25) is 0 Å². The summed E-state index contributed by atoms with van der Waals surface area (Å²) >= 11 is 0. The summed E-state index contributed by atoms with van der Waals surface area (Å²) in [6, 6.07) is 4.49. The lowest BCUT2D eigenvalue weighted by Crippen LogP contribution is -2.27. The molecule has 3 heteroatoms. The fourth-order valence-corrected chi connectivity index (χ4v) is 2.07. The molecule has 0 saturated carbocycles. The molecule has 1 saturated heterocycles. The fraction of sp³-hybridized carbons (Fsp3) is 0.545. The van der Waals surface area contributed by atoms with Crippen molar-refractivity contribution in [3.63, 3.8) is 0 Å². The quantitative estimate of drug-likeness (QED) is 0.729. The lowest BCUT2D eigenvalue weighted by molar-refractivity contribution is 0.195. The predicted octanol–water partition coefficient (Wildman–Crippen LogP) is 1.35. The molecule has 1 aliphatic rings. The van der Waals surface area contributed by atoms with Crippen LogP contribution in [0.4, 0.5) is 5.69 Å². The number of hydrogen-bond donors (Lipinski definition) is 1. The number of rotatable bonds is 1. The van der Waals surface area contributed by atoms with Gasteiger partial charge in [-0.05, 0) is 32.4 Å². The van der Waals surface area contributed by atoms with E-state index in [0.29, 0.717) is 6.04 Å². The Hall–Kier alpha value is -1.09. The van der Waals surface area contributed by atoms with Crippen molar-refractivity contribution < 1.29 is 5.11 Å². The third kappa shape index (κ3) is 1.73. The van der Waals surface area contributed by atoms with Crippen LogP contribution in [-0.2, 0) is 0 Å². The number of aliphatic hydroxyl groups excluding tert-OH is 1. The number of aromatic nitrogens is 1. The van der Waals surface area contributed by atoms with E-state index in [9.17, 15) is 5.11 Å². The molecule has 76 valence electrons. The van der Waals surface area contributed by atoms with Crippen LogP contribution in [0.1, 0.15) is 19.0 Å². The summed E-state index contributed by atoms with van der Waals surface area (Å²) in [7, 11) is 0. The molecular weight excluding hydrogens is 176 g/mol. The van der Waals surface area contributed by atoms with E-state index in [1.165, 1.54) is 5.69 Å². The highest BCUT2D eigenvalue weighted by atomic mass is 16.3. The van der Waals surface area contributed by atoms with Crippen molar-refractivity contribution in [2.24, 2.45) is 0 Å². The Morgan fingerprint density at radius 2 is 2.36 bits per heavy atom. The molecule has 1 aromatic heterocycles. The normalized spacial score (nSPS) is 26.9. The number of hydrogen-bond acceptors (Lipinski definition) is 3. The minimum absolute atomic E-state index is 0.182. The van der Waals surface area contributed by atoms with Gasteiger partial charge in [0, 0.05) is 30.2 Å². The van der Waals surface area contributed by atoms with Crippen molar-refractivity contribution in [2.75, 3.05) is 11.4 Å². The minimum atomic E-state index is -0.182. The lowest BCUT2D eigenvalue weighted by Gasteiger charge is -2.23. The number of aliphatic hydroxyl groups is 1. The summed E-state index contributed by atoms with van der Waals surface area (Å²) in [5.41, 5.74) is 2.19. The molecule has 0 amide bonds. The van der Waals surface area contributed by atoms with Crippen LogP contribution in [-0.4, -0.2) is 28.8 Å². The average Bonchev–Trinajstić information content (AvgIpc) is 2.45. The van der Waals surface area contributed by atoms with Crippen LogP contribution in [0.2, 0.25) is 0 Å². The van der Waals surface area contributed by atoms with E-state index in [1.54, 1.807) is 0 Å². The molecule has 1 aliphatic heterocycles. The first-order valence-electron chi connectivity index (χ1n) is 5.04. The smallest absolute Gasteiger partial charge is 0.0734 e. The zero-order chi connectivity index (χ0) is 10.1. The summed E-state index contributed by atoms with van der Waals surface area (Å²) in [5, 5.41) is 9.54. The van der Waals surface area contributed by atoms with Crippen LogP contribution in [0.25, 0.3) is 0 Å². The van der Waals surface area contributed by atoms with Gasteiger partial charge in [0.1, 0.15) is 0 Å². The first kappa shape index (κ1) is 9.46. The van der Waals surface area contributed by atoms with E-state index in [4.69, 9.17) is 0 Å². The molecule has 0 spiro atoms. The highest BCUT2D eigenvalue weighted by molar-refractivity contribution is 5.48. The molecule has 2 atom stereocenters. The van der Waals surface area contributed by atoms with E-state index < -0.39 is 0 Å². The molecule has 2 rings (SSSR count). The molecule has 1 aromatic rings. The summed E-state index contributed by atoms with van der Waals surface area (Å²) in [5.74, 6) is 0. The van der Waals surface area contributed by atoms with Crippen LogP contribution in [0.5, 0.6) is 0 Å². The number of β-amino-alcohol motifs (C(OH)–C–C–N with tert-alkyl or cyclic N) is 1. The minimum Gasteiger partial charge on any atom is -0.391 e. The second kappa shape index (κ2) is 3.58. The van der Waals surface area contributed by atoms with Crippen molar-refractivity contribution in [1.29, 1.82) is 0 Å². The molecule has 1 N–H and O–H groups in total.